The maximum absolute atomic E-state index is 12.1. The van der Waals surface area contributed by atoms with Gasteiger partial charge in [-0.05, 0) is 38.5 Å². The Morgan fingerprint density at radius 2 is 2.38 bits per heavy atom. The first-order valence-electron chi connectivity index (χ1n) is 6.05. The molecule has 0 heterocycles. The third-order valence-corrected chi connectivity index (χ3v) is 3.86. The number of hydrogen-bond acceptors (Lipinski definition) is 2. The van der Waals surface area contributed by atoms with E-state index in [0.717, 1.165) is 31.3 Å². The van der Waals surface area contributed by atoms with E-state index in [1.807, 2.05) is 6.92 Å². The van der Waals surface area contributed by atoms with Gasteiger partial charge >= 0.3 is 0 Å². The van der Waals surface area contributed by atoms with Gasteiger partial charge in [-0.1, -0.05) is 19.1 Å². The molecule has 0 N–H and O–H groups in total. The summed E-state index contributed by atoms with van der Waals surface area (Å²) in [5.74, 6) is 0.751. The number of unbranched alkanes of at least 4 members (excludes halogenated alkanes) is 1. The molecule has 2 heteroatoms. The van der Waals surface area contributed by atoms with Crippen LogP contribution < -0.4 is 0 Å². The largest absolute Gasteiger partial charge is 0.299 e. The van der Waals surface area contributed by atoms with Gasteiger partial charge in [-0.25, -0.2) is 0 Å². The quantitative estimate of drug-likeness (QED) is 0.535. The molecule has 0 bridgehead atoms. The Bertz CT molecular complexity index is 326. The molecule has 16 heavy (non-hydrogen) atoms. The smallest absolute Gasteiger partial charge is 0.139 e. The van der Waals surface area contributed by atoms with E-state index in [2.05, 4.69) is 19.6 Å². The van der Waals surface area contributed by atoms with Gasteiger partial charge in [0.1, 0.15) is 5.78 Å². The molecule has 1 rings (SSSR count). The van der Waals surface area contributed by atoms with Crippen LogP contribution >= 0.6 is 0 Å². The maximum atomic E-state index is 12.1. The third-order valence-electron chi connectivity index (χ3n) is 3.86. The molecule has 0 aromatic heterocycles. The summed E-state index contributed by atoms with van der Waals surface area (Å²) in [6.45, 7) is 8.01. The van der Waals surface area contributed by atoms with Crippen molar-refractivity contribution in [2.24, 2.45) is 11.3 Å². The summed E-state index contributed by atoms with van der Waals surface area (Å²) >= 11 is 0. The highest BCUT2D eigenvalue weighted by molar-refractivity contribution is 5.85. The van der Waals surface area contributed by atoms with E-state index in [-0.39, 0.29) is 5.41 Å². The Morgan fingerprint density at radius 3 is 2.88 bits per heavy atom. The van der Waals surface area contributed by atoms with Crippen molar-refractivity contribution in [2.75, 3.05) is 0 Å². The van der Waals surface area contributed by atoms with E-state index in [0.29, 0.717) is 24.5 Å². The van der Waals surface area contributed by atoms with Gasteiger partial charge in [-0.15, -0.1) is 0 Å². The Kier molecular flexibility index (Phi) is 4.29. The van der Waals surface area contributed by atoms with Crippen LogP contribution in [0.2, 0.25) is 0 Å². The van der Waals surface area contributed by atoms with E-state index in [4.69, 9.17) is 5.26 Å². The van der Waals surface area contributed by atoms with Crippen molar-refractivity contribution >= 4 is 5.78 Å². The highest BCUT2D eigenvalue weighted by atomic mass is 16.1. The monoisotopic (exact) mass is 219 g/mol. The van der Waals surface area contributed by atoms with Crippen LogP contribution in [0.15, 0.2) is 12.2 Å². The second-order valence-electron chi connectivity index (χ2n) is 5.28. The molecule has 1 aliphatic rings. The van der Waals surface area contributed by atoms with Crippen LogP contribution in [0.25, 0.3) is 0 Å². The molecule has 1 fully saturated rings. The fourth-order valence-corrected chi connectivity index (χ4v) is 2.45. The molecular formula is C14H21NO. The first-order chi connectivity index (χ1) is 7.49. The van der Waals surface area contributed by atoms with Crippen LogP contribution in [0.1, 0.15) is 52.4 Å². The van der Waals surface area contributed by atoms with Crippen LogP contribution in [0.5, 0.6) is 0 Å². The molecule has 0 radical (unpaired) electrons. The van der Waals surface area contributed by atoms with Gasteiger partial charge in [0.25, 0.3) is 0 Å². The van der Waals surface area contributed by atoms with Crippen molar-refractivity contribution in [1.29, 1.82) is 5.26 Å². The molecule has 0 aromatic rings. The summed E-state index contributed by atoms with van der Waals surface area (Å²) in [7, 11) is 0. The average molecular weight is 219 g/mol. The summed E-state index contributed by atoms with van der Waals surface area (Å²) < 4.78 is 0. The zero-order chi connectivity index (χ0) is 12.2. The Morgan fingerprint density at radius 1 is 1.69 bits per heavy atom. The van der Waals surface area contributed by atoms with E-state index in [1.54, 1.807) is 0 Å². The van der Waals surface area contributed by atoms with Gasteiger partial charge in [0.15, 0.2) is 0 Å². The minimum Gasteiger partial charge on any atom is -0.299 e. The highest BCUT2D eigenvalue weighted by Crippen LogP contribution is 2.41. The zero-order valence-electron chi connectivity index (χ0n) is 10.4. The second kappa shape index (κ2) is 5.30. The molecule has 0 aliphatic heterocycles. The van der Waals surface area contributed by atoms with Crippen LogP contribution in [0, 0.1) is 22.7 Å². The number of Topliss-reactive ketones (excluding diaryl/α,β-unsaturated/α-hetero) is 1. The van der Waals surface area contributed by atoms with E-state index >= 15 is 0 Å². The second-order valence-corrected chi connectivity index (χ2v) is 5.28. The fourth-order valence-electron chi connectivity index (χ4n) is 2.45. The SMILES string of the molecule is C=C(C)[C@@H]1CC[C@](C)(CCCC#N)C(=O)C1. The van der Waals surface area contributed by atoms with Gasteiger partial charge in [0.2, 0.25) is 0 Å². The van der Waals surface area contributed by atoms with E-state index < -0.39 is 0 Å². The lowest BCUT2D eigenvalue weighted by Gasteiger charge is -2.36. The molecule has 0 unspecified atom stereocenters. The van der Waals surface area contributed by atoms with Gasteiger partial charge in [-0.2, -0.15) is 5.26 Å². The Labute approximate surface area is 98.3 Å². The Hall–Kier alpha value is -1.10. The first-order valence-corrected chi connectivity index (χ1v) is 6.05. The molecule has 1 aliphatic carbocycles. The van der Waals surface area contributed by atoms with Crippen molar-refractivity contribution in [3.05, 3.63) is 12.2 Å². The molecule has 0 aromatic carbocycles. The molecule has 0 spiro atoms. The summed E-state index contributed by atoms with van der Waals surface area (Å²) in [6, 6.07) is 2.14. The number of nitriles is 1. The lowest BCUT2D eigenvalue weighted by atomic mass is 9.67. The van der Waals surface area contributed by atoms with Crippen LogP contribution in [-0.4, -0.2) is 5.78 Å². The van der Waals surface area contributed by atoms with Crippen molar-refractivity contribution in [2.45, 2.75) is 52.4 Å². The molecular weight excluding hydrogens is 198 g/mol. The number of allylic oxidation sites excluding steroid dienone is 1. The van der Waals surface area contributed by atoms with Crippen LogP contribution in [-0.2, 0) is 4.79 Å². The van der Waals surface area contributed by atoms with E-state index in [9.17, 15) is 4.79 Å². The molecule has 0 amide bonds. The van der Waals surface area contributed by atoms with Gasteiger partial charge in [-0.3, -0.25) is 4.79 Å². The first kappa shape index (κ1) is 13.0. The molecule has 2 nitrogen and oxygen atoms in total. The fraction of sp³-hybridized carbons (Fsp3) is 0.714. The highest BCUT2D eigenvalue weighted by Gasteiger charge is 2.38. The summed E-state index contributed by atoms with van der Waals surface area (Å²) in [6.07, 6.45) is 4.95. The van der Waals surface area contributed by atoms with Crippen molar-refractivity contribution in [1.82, 2.24) is 0 Å². The number of hydrogen-bond donors (Lipinski definition) is 0. The molecule has 1 saturated carbocycles. The number of nitrogens with zero attached hydrogens (tertiary/aromatic N) is 1. The third kappa shape index (κ3) is 2.95. The van der Waals surface area contributed by atoms with Crippen LogP contribution in [0.3, 0.4) is 0 Å². The number of carbonyl (C=O) groups is 1. The summed E-state index contributed by atoms with van der Waals surface area (Å²) in [5.41, 5.74) is 0.954. The van der Waals surface area contributed by atoms with E-state index in [1.165, 1.54) is 0 Å². The van der Waals surface area contributed by atoms with Gasteiger partial charge < -0.3 is 0 Å². The van der Waals surface area contributed by atoms with Crippen molar-refractivity contribution < 1.29 is 4.79 Å². The standard InChI is InChI=1S/C14H21NO/c1-11(2)12-6-8-14(3,13(16)10-12)7-4-5-9-15/h12H,1,4-8,10H2,2-3H3/t12-,14+/m1/s1. The minimum atomic E-state index is -0.178. The van der Waals surface area contributed by atoms with Crippen molar-refractivity contribution in [3.63, 3.8) is 0 Å². The summed E-state index contributed by atoms with van der Waals surface area (Å²) in [5, 5.41) is 8.51. The normalized spacial score (nSPS) is 29.8. The predicted molar refractivity (Wildman–Crippen MR) is 64.7 cm³/mol. The number of ketones is 1. The van der Waals surface area contributed by atoms with Crippen LogP contribution in [0.4, 0.5) is 0 Å². The number of rotatable bonds is 4. The lowest BCUT2D eigenvalue weighted by Crippen LogP contribution is -2.34. The topological polar surface area (TPSA) is 40.9 Å². The molecule has 2 atom stereocenters. The molecule has 0 saturated heterocycles. The van der Waals surface area contributed by atoms with Gasteiger partial charge in [0.05, 0.1) is 6.07 Å². The van der Waals surface area contributed by atoms with Gasteiger partial charge in [0, 0.05) is 18.3 Å². The predicted octanol–water partition coefficient (Wildman–Crippen LogP) is 3.63. The maximum Gasteiger partial charge on any atom is 0.139 e. The zero-order valence-corrected chi connectivity index (χ0v) is 10.4. The summed E-state index contributed by atoms with van der Waals surface area (Å²) in [4.78, 5) is 12.1. The van der Waals surface area contributed by atoms with Crippen molar-refractivity contribution in [3.8, 4) is 6.07 Å². The minimum absolute atomic E-state index is 0.178. The Balaban J connectivity index is 2.55. The molecule has 88 valence electrons. The lowest BCUT2D eigenvalue weighted by molar-refractivity contribution is -0.132. The number of carbonyl (C=O) groups excluding carboxylic acids is 1. The average Bonchev–Trinajstić information content (AvgIpc) is 2.22.